The van der Waals surface area contributed by atoms with Gasteiger partial charge >= 0.3 is 0 Å². The molecule has 1 saturated heterocycles. The molecule has 2 fully saturated rings. The van der Waals surface area contributed by atoms with Gasteiger partial charge in [-0.15, -0.1) is 0 Å². The van der Waals surface area contributed by atoms with E-state index in [4.69, 9.17) is 10.5 Å². The maximum atomic E-state index is 6.32. The molecular formula is C14H28N2O. The first-order valence-corrected chi connectivity index (χ1v) is 7.10. The van der Waals surface area contributed by atoms with Crippen molar-refractivity contribution in [2.75, 3.05) is 19.7 Å². The topological polar surface area (TPSA) is 38.5 Å². The van der Waals surface area contributed by atoms with Gasteiger partial charge in [0, 0.05) is 25.2 Å². The molecule has 3 unspecified atom stereocenters. The molecule has 1 aliphatic carbocycles. The molecule has 0 spiro atoms. The van der Waals surface area contributed by atoms with E-state index in [0.29, 0.717) is 12.1 Å². The molecule has 100 valence electrons. The molecule has 1 heterocycles. The fourth-order valence-electron chi connectivity index (χ4n) is 2.93. The maximum absolute atomic E-state index is 6.32. The minimum atomic E-state index is 0.197. The molecule has 2 N–H and O–H groups in total. The van der Waals surface area contributed by atoms with Crippen molar-refractivity contribution in [1.29, 1.82) is 0 Å². The number of rotatable bonds is 2. The Kier molecular flexibility index (Phi) is 4.11. The number of ether oxygens (including phenoxy) is 1. The monoisotopic (exact) mass is 240 g/mol. The molecule has 1 saturated carbocycles. The molecule has 0 aromatic rings. The largest absolute Gasteiger partial charge is 0.375 e. The molecular weight excluding hydrogens is 212 g/mol. The number of fused-ring (bicyclic) bond motifs is 1. The number of nitrogens with two attached hydrogens (primary N) is 1. The first kappa shape index (κ1) is 13.3. The lowest BCUT2D eigenvalue weighted by atomic mass is 9.85. The molecule has 17 heavy (non-hydrogen) atoms. The summed E-state index contributed by atoms with van der Waals surface area (Å²) >= 11 is 0. The predicted octanol–water partition coefficient (Wildman–Crippen LogP) is 2.00. The first-order chi connectivity index (χ1) is 7.98. The second-order valence-corrected chi connectivity index (χ2v) is 6.73. The van der Waals surface area contributed by atoms with Crippen molar-refractivity contribution in [1.82, 2.24) is 4.90 Å². The van der Waals surface area contributed by atoms with E-state index in [9.17, 15) is 0 Å². The third-order valence-corrected chi connectivity index (χ3v) is 4.39. The van der Waals surface area contributed by atoms with Gasteiger partial charge in [-0.25, -0.2) is 0 Å². The predicted molar refractivity (Wildman–Crippen MR) is 71.0 cm³/mol. The van der Waals surface area contributed by atoms with Crippen LogP contribution in [-0.4, -0.2) is 42.8 Å². The Morgan fingerprint density at radius 3 is 2.71 bits per heavy atom. The van der Waals surface area contributed by atoms with Crippen molar-refractivity contribution in [3.05, 3.63) is 0 Å². The highest BCUT2D eigenvalue weighted by atomic mass is 16.5. The van der Waals surface area contributed by atoms with E-state index in [2.05, 4.69) is 25.7 Å². The smallest absolute Gasteiger partial charge is 0.0730 e. The molecule has 0 bridgehead atoms. The molecule has 3 heteroatoms. The van der Waals surface area contributed by atoms with Crippen molar-refractivity contribution in [2.24, 2.45) is 11.1 Å². The van der Waals surface area contributed by atoms with Gasteiger partial charge in [0.05, 0.1) is 12.7 Å². The minimum absolute atomic E-state index is 0.197. The van der Waals surface area contributed by atoms with Crippen molar-refractivity contribution < 1.29 is 4.74 Å². The van der Waals surface area contributed by atoms with Gasteiger partial charge in [0.15, 0.2) is 0 Å². The molecule has 0 amide bonds. The minimum Gasteiger partial charge on any atom is -0.375 e. The highest BCUT2D eigenvalue weighted by molar-refractivity contribution is 4.90. The van der Waals surface area contributed by atoms with Crippen LogP contribution in [0.2, 0.25) is 0 Å². The lowest BCUT2D eigenvalue weighted by molar-refractivity contribution is -0.0917. The van der Waals surface area contributed by atoms with Gasteiger partial charge in [-0.2, -0.15) is 0 Å². The fraction of sp³-hybridized carbons (Fsp3) is 1.00. The van der Waals surface area contributed by atoms with Crippen molar-refractivity contribution in [3.8, 4) is 0 Å². The Bertz CT molecular complexity index is 247. The summed E-state index contributed by atoms with van der Waals surface area (Å²) in [6.45, 7) is 9.67. The van der Waals surface area contributed by atoms with Crippen LogP contribution in [0, 0.1) is 5.41 Å². The van der Waals surface area contributed by atoms with E-state index >= 15 is 0 Å². The van der Waals surface area contributed by atoms with E-state index in [1.165, 1.54) is 25.7 Å². The van der Waals surface area contributed by atoms with Crippen molar-refractivity contribution >= 4 is 0 Å². The van der Waals surface area contributed by atoms with E-state index in [1.54, 1.807) is 0 Å². The molecule has 0 radical (unpaired) electrons. The average molecular weight is 240 g/mol. The highest BCUT2D eigenvalue weighted by Crippen LogP contribution is 2.29. The number of hydrogen-bond donors (Lipinski definition) is 1. The van der Waals surface area contributed by atoms with Crippen LogP contribution in [0.15, 0.2) is 0 Å². The second-order valence-electron chi connectivity index (χ2n) is 6.73. The van der Waals surface area contributed by atoms with Crippen molar-refractivity contribution in [2.45, 2.75) is 64.6 Å². The van der Waals surface area contributed by atoms with Crippen LogP contribution >= 0.6 is 0 Å². The third kappa shape index (κ3) is 3.21. The molecule has 1 aliphatic heterocycles. The molecule has 3 nitrogen and oxygen atoms in total. The van der Waals surface area contributed by atoms with Crippen LogP contribution in [0.5, 0.6) is 0 Å². The van der Waals surface area contributed by atoms with E-state index in [-0.39, 0.29) is 11.5 Å². The van der Waals surface area contributed by atoms with Crippen LogP contribution in [0.1, 0.15) is 46.5 Å². The zero-order valence-electron chi connectivity index (χ0n) is 11.6. The van der Waals surface area contributed by atoms with Gasteiger partial charge < -0.3 is 10.5 Å². The standard InChI is InChI=1S/C14H28N2O/c1-14(2,3)13(15)10-16-8-9-17-12-7-5-4-6-11(12)16/h11-13H,4-10,15H2,1-3H3. The van der Waals surface area contributed by atoms with Gasteiger partial charge in [0.25, 0.3) is 0 Å². The molecule has 0 aromatic carbocycles. The van der Waals surface area contributed by atoms with E-state index in [0.717, 1.165) is 19.7 Å². The van der Waals surface area contributed by atoms with Crippen LogP contribution < -0.4 is 5.73 Å². The van der Waals surface area contributed by atoms with Gasteiger partial charge in [-0.05, 0) is 18.3 Å². The zero-order chi connectivity index (χ0) is 12.5. The first-order valence-electron chi connectivity index (χ1n) is 7.10. The summed E-state index contributed by atoms with van der Waals surface area (Å²) in [4.78, 5) is 2.59. The zero-order valence-corrected chi connectivity index (χ0v) is 11.6. The van der Waals surface area contributed by atoms with Crippen LogP contribution in [0.3, 0.4) is 0 Å². The fourth-order valence-corrected chi connectivity index (χ4v) is 2.93. The summed E-state index contributed by atoms with van der Waals surface area (Å²) in [5, 5.41) is 0. The van der Waals surface area contributed by atoms with E-state index < -0.39 is 0 Å². The third-order valence-electron chi connectivity index (χ3n) is 4.39. The number of morpholine rings is 1. The Morgan fingerprint density at radius 1 is 1.29 bits per heavy atom. The molecule has 2 rings (SSSR count). The average Bonchev–Trinajstić information content (AvgIpc) is 2.28. The quantitative estimate of drug-likeness (QED) is 0.802. The van der Waals surface area contributed by atoms with Gasteiger partial charge in [0.2, 0.25) is 0 Å². The van der Waals surface area contributed by atoms with E-state index in [1.807, 2.05) is 0 Å². The molecule has 2 aliphatic rings. The van der Waals surface area contributed by atoms with Gasteiger partial charge in [-0.3, -0.25) is 4.90 Å². The Hall–Kier alpha value is -0.120. The summed E-state index contributed by atoms with van der Waals surface area (Å²) < 4.78 is 5.90. The SMILES string of the molecule is CC(C)(C)C(N)CN1CCOC2CCCCC21. The number of hydrogen-bond acceptors (Lipinski definition) is 3. The maximum Gasteiger partial charge on any atom is 0.0730 e. The Balaban J connectivity index is 1.95. The molecule has 3 atom stereocenters. The van der Waals surface area contributed by atoms with Crippen LogP contribution in [0.4, 0.5) is 0 Å². The lowest BCUT2D eigenvalue weighted by Gasteiger charge is -2.46. The summed E-state index contributed by atoms with van der Waals surface area (Å²) in [5.74, 6) is 0. The summed E-state index contributed by atoms with van der Waals surface area (Å²) in [5.41, 5.74) is 6.52. The summed E-state index contributed by atoms with van der Waals surface area (Å²) in [7, 11) is 0. The van der Waals surface area contributed by atoms with Crippen LogP contribution in [0.25, 0.3) is 0 Å². The van der Waals surface area contributed by atoms with Crippen LogP contribution in [-0.2, 0) is 4.74 Å². The van der Waals surface area contributed by atoms with Gasteiger partial charge in [-0.1, -0.05) is 33.6 Å². The second kappa shape index (κ2) is 5.25. The summed E-state index contributed by atoms with van der Waals surface area (Å²) in [6.07, 6.45) is 5.70. The highest BCUT2D eigenvalue weighted by Gasteiger charge is 2.35. The lowest BCUT2D eigenvalue weighted by Crippen LogP contribution is -2.57. The molecule has 0 aromatic heterocycles. The van der Waals surface area contributed by atoms with Gasteiger partial charge in [0.1, 0.15) is 0 Å². The van der Waals surface area contributed by atoms with Crippen molar-refractivity contribution in [3.63, 3.8) is 0 Å². The Morgan fingerprint density at radius 2 is 2.00 bits per heavy atom. The number of nitrogens with zero attached hydrogens (tertiary/aromatic N) is 1. The summed E-state index contributed by atoms with van der Waals surface area (Å²) in [6, 6.07) is 0.883. The Labute approximate surface area is 106 Å². The normalized spacial score (nSPS) is 33.2.